The Labute approximate surface area is 112 Å². The van der Waals surface area contributed by atoms with E-state index in [4.69, 9.17) is 0 Å². The lowest BCUT2D eigenvalue weighted by Crippen LogP contribution is -2.54. The Morgan fingerprint density at radius 2 is 2.06 bits per heavy atom. The fourth-order valence-electron chi connectivity index (χ4n) is 2.80. The molecule has 1 heterocycles. The molecule has 1 aliphatic rings. The monoisotopic (exact) mass is 257 g/mol. The zero-order chi connectivity index (χ0) is 13.6. The molecule has 2 unspecified atom stereocenters. The smallest absolute Gasteiger partial charge is 0.0611 e. The highest BCUT2D eigenvalue weighted by molar-refractivity contribution is 4.85. The molecule has 0 amide bonds. The van der Waals surface area contributed by atoms with Crippen molar-refractivity contribution in [2.24, 2.45) is 0 Å². The number of rotatable bonds is 7. The normalized spacial score (nSPS) is 26.2. The largest absolute Gasteiger partial charge is 0.394 e. The maximum atomic E-state index is 9.49. The number of hydrogen-bond acceptors (Lipinski definition) is 4. The molecule has 1 aliphatic heterocycles. The summed E-state index contributed by atoms with van der Waals surface area (Å²) < 4.78 is 0. The third-order valence-corrected chi connectivity index (χ3v) is 4.19. The van der Waals surface area contributed by atoms with Gasteiger partial charge in [0.2, 0.25) is 0 Å². The molecule has 0 aliphatic carbocycles. The van der Waals surface area contributed by atoms with Crippen LogP contribution in [0.3, 0.4) is 0 Å². The van der Waals surface area contributed by atoms with Crippen LogP contribution in [0.1, 0.15) is 34.1 Å². The number of hydrogen-bond donors (Lipinski definition) is 2. The number of nitrogens with zero attached hydrogens (tertiary/aromatic N) is 2. The molecule has 108 valence electrons. The second kappa shape index (κ2) is 7.43. The van der Waals surface area contributed by atoms with Crippen molar-refractivity contribution < 1.29 is 5.11 Å². The first-order valence-electron chi connectivity index (χ1n) is 7.37. The zero-order valence-corrected chi connectivity index (χ0v) is 12.6. The Kier molecular flexibility index (Phi) is 6.57. The Hall–Kier alpha value is -0.160. The van der Waals surface area contributed by atoms with Crippen molar-refractivity contribution in [3.8, 4) is 0 Å². The number of piperazine rings is 1. The summed E-state index contributed by atoms with van der Waals surface area (Å²) in [7, 11) is 0. The number of nitrogens with one attached hydrogen (secondary N) is 1. The van der Waals surface area contributed by atoms with E-state index in [0.717, 1.165) is 39.1 Å². The van der Waals surface area contributed by atoms with E-state index in [0.29, 0.717) is 6.04 Å². The van der Waals surface area contributed by atoms with Gasteiger partial charge in [-0.05, 0) is 33.4 Å². The van der Waals surface area contributed by atoms with Crippen molar-refractivity contribution in [1.82, 2.24) is 15.1 Å². The van der Waals surface area contributed by atoms with Gasteiger partial charge in [-0.25, -0.2) is 0 Å². The van der Waals surface area contributed by atoms with E-state index in [9.17, 15) is 5.11 Å². The van der Waals surface area contributed by atoms with Crippen LogP contribution in [0.15, 0.2) is 0 Å². The van der Waals surface area contributed by atoms with Crippen molar-refractivity contribution in [1.29, 1.82) is 0 Å². The van der Waals surface area contributed by atoms with Crippen LogP contribution in [-0.2, 0) is 0 Å². The topological polar surface area (TPSA) is 38.7 Å². The first-order valence-corrected chi connectivity index (χ1v) is 7.37. The van der Waals surface area contributed by atoms with Gasteiger partial charge in [0.25, 0.3) is 0 Å². The van der Waals surface area contributed by atoms with Gasteiger partial charge in [0, 0.05) is 37.8 Å². The third-order valence-electron chi connectivity index (χ3n) is 4.19. The Morgan fingerprint density at radius 3 is 2.56 bits per heavy atom. The van der Waals surface area contributed by atoms with Gasteiger partial charge in [0.05, 0.1) is 6.61 Å². The molecular formula is C14H31N3O. The van der Waals surface area contributed by atoms with Crippen LogP contribution < -0.4 is 5.32 Å². The molecule has 0 aromatic carbocycles. The van der Waals surface area contributed by atoms with Crippen LogP contribution in [-0.4, -0.2) is 72.4 Å². The summed E-state index contributed by atoms with van der Waals surface area (Å²) in [6.07, 6.45) is 1.01. The zero-order valence-electron chi connectivity index (χ0n) is 12.6. The molecule has 1 saturated heterocycles. The van der Waals surface area contributed by atoms with Crippen LogP contribution in [0.2, 0.25) is 0 Å². The maximum Gasteiger partial charge on any atom is 0.0611 e. The lowest BCUT2D eigenvalue weighted by molar-refractivity contribution is 0.0744. The molecule has 4 nitrogen and oxygen atoms in total. The van der Waals surface area contributed by atoms with Crippen LogP contribution in [0.4, 0.5) is 0 Å². The van der Waals surface area contributed by atoms with Crippen LogP contribution >= 0.6 is 0 Å². The van der Waals surface area contributed by atoms with Gasteiger partial charge >= 0.3 is 0 Å². The highest BCUT2D eigenvalue weighted by Crippen LogP contribution is 2.13. The number of aliphatic hydroxyl groups is 1. The summed E-state index contributed by atoms with van der Waals surface area (Å²) in [4.78, 5) is 5.06. The lowest BCUT2D eigenvalue weighted by atomic mass is 9.98. The Bertz CT molecular complexity index is 237. The van der Waals surface area contributed by atoms with Crippen molar-refractivity contribution in [2.45, 2.75) is 45.7 Å². The minimum atomic E-state index is -0.125. The molecule has 1 fully saturated rings. The first kappa shape index (κ1) is 15.9. The van der Waals surface area contributed by atoms with Gasteiger partial charge in [-0.3, -0.25) is 4.90 Å². The summed E-state index contributed by atoms with van der Waals surface area (Å²) in [5, 5.41) is 12.9. The van der Waals surface area contributed by atoms with E-state index in [1.54, 1.807) is 0 Å². The molecular weight excluding hydrogens is 226 g/mol. The van der Waals surface area contributed by atoms with Gasteiger partial charge in [-0.15, -0.1) is 0 Å². The third kappa shape index (κ3) is 4.50. The lowest BCUT2D eigenvalue weighted by Gasteiger charge is -2.40. The minimum absolute atomic E-state index is 0.125. The van der Waals surface area contributed by atoms with Crippen molar-refractivity contribution >= 4 is 0 Å². The molecule has 0 bridgehead atoms. The molecule has 0 saturated carbocycles. The van der Waals surface area contributed by atoms with Gasteiger partial charge in [0.15, 0.2) is 0 Å². The molecule has 4 heteroatoms. The molecule has 18 heavy (non-hydrogen) atoms. The van der Waals surface area contributed by atoms with Gasteiger partial charge in [0.1, 0.15) is 0 Å². The molecule has 0 aromatic heterocycles. The molecule has 2 atom stereocenters. The van der Waals surface area contributed by atoms with Gasteiger partial charge < -0.3 is 15.3 Å². The molecule has 0 radical (unpaired) electrons. The predicted molar refractivity (Wildman–Crippen MR) is 76.9 cm³/mol. The van der Waals surface area contributed by atoms with Crippen molar-refractivity contribution in [3.05, 3.63) is 0 Å². The summed E-state index contributed by atoms with van der Waals surface area (Å²) in [5.41, 5.74) is -0.125. The Balaban J connectivity index is 2.35. The van der Waals surface area contributed by atoms with Gasteiger partial charge in [-0.2, -0.15) is 0 Å². The Morgan fingerprint density at radius 1 is 1.33 bits per heavy atom. The van der Waals surface area contributed by atoms with E-state index >= 15 is 0 Å². The molecule has 0 spiro atoms. The van der Waals surface area contributed by atoms with E-state index in [1.165, 1.54) is 6.54 Å². The average molecular weight is 257 g/mol. The van der Waals surface area contributed by atoms with E-state index in [1.807, 2.05) is 0 Å². The second-order valence-electron chi connectivity index (χ2n) is 5.78. The van der Waals surface area contributed by atoms with Gasteiger partial charge in [-0.1, -0.05) is 13.8 Å². The molecule has 1 rings (SSSR count). The summed E-state index contributed by atoms with van der Waals surface area (Å²) >= 11 is 0. The fraction of sp³-hybridized carbons (Fsp3) is 1.00. The highest BCUT2D eigenvalue weighted by Gasteiger charge is 2.26. The maximum absolute atomic E-state index is 9.49. The van der Waals surface area contributed by atoms with E-state index < -0.39 is 0 Å². The summed E-state index contributed by atoms with van der Waals surface area (Å²) in [5.74, 6) is 0. The highest BCUT2D eigenvalue weighted by atomic mass is 16.3. The summed E-state index contributed by atoms with van der Waals surface area (Å²) in [6, 6.07) is 0.656. The average Bonchev–Trinajstić information content (AvgIpc) is 2.37. The molecule has 0 aromatic rings. The minimum Gasteiger partial charge on any atom is -0.394 e. The number of likely N-dealkylation sites (N-methyl/N-ethyl adjacent to an activating group) is 2. The van der Waals surface area contributed by atoms with E-state index in [-0.39, 0.29) is 12.1 Å². The van der Waals surface area contributed by atoms with Crippen molar-refractivity contribution in [3.63, 3.8) is 0 Å². The fourth-order valence-corrected chi connectivity index (χ4v) is 2.80. The first-order chi connectivity index (χ1) is 8.54. The van der Waals surface area contributed by atoms with Crippen molar-refractivity contribution in [2.75, 3.05) is 45.9 Å². The predicted octanol–water partition coefficient (Wildman–Crippen LogP) is 0.763. The molecule has 2 N–H and O–H groups in total. The number of aliphatic hydroxyl groups excluding tert-OH is 1. The van der Waals surface area contributed by atoms with E-state index in [2.05, 4.69) is 42.8 Å². The van der Waals surface area contributed by atoms with Crippen LogP contribution in [0, 0.1) is 0 Å². The van der Waals surface area contributed by atoms with Crippen LogP contribution in [0.25, 0.3) is 0 Å². The quantitative estimate of drug-likeness (QED) is 0.706. The second-order valence-corrected chi connectivity index (χ2v) is 5.78. The standard InChI is InChI=1S/C14H31N3O/c1-5-15-14(4,12-18)7-8-16-9-10-17(6-2)13(3)11-16/h13,15,18H,5-12H2,1-4H3. The SMILES string of the molecule is CCNC(C)(CO)CCN1CCN(CC)C(C)C1. The summed E-state index contributed by atoms with van der Waals surface area (Å²) in [6.45, 7) is 15.6. The van der Waals surface area contributed by atoms with Crippen LogP contribution in [0.5, 0.6) is 0 Å².